The molecule has 0 spiro atoms. The van der Waals surface area contributed by atoms with Gasteiger partial charge in [-0.1, -0.05) is 13.3 Å². The van der Waals surface area contributed by atoms with Crippen LogP contribution in [0.2, 0.25) is 0 Å². The highest BCUT2D eigenvalue weighted by Gasteiger charge is 2.42. The van der Waals surface area contributed by atoms with Crippen molar-refractivity contribution in [2.45, 2.75) is 44.6 Å². The molecule has 0 aromatic carbocycles. The molecule has 1 aromatic rings. The third-order valence-electron chi connectivity index (χ3n) is 3.84. The van der Waals surface area contributed by atoms with E-state index in [1.807, 2.05) is 0 Å². The van der Waals surface area contributed by atoms with Crippen LogP contribution in [0, 0.1) is 0 Å². The minimum absolute atomic E-state index is 0.481. The minimum atomic E-state index is -0.481. The van der Waals surface area contributed by atoms with Crippen LogP contribution in [0.1, 0.15) is 37.4 Å². The van der Waals surface area contributed by atoms with Crippen molar-refractivity contribution in [3.8, 4) is 0 Å². The fraction of sp³-hybridized carbons (Fsp3) is 0.692. The number of aliphatic hydroxyl groups is 1. The summed E-state index contributed by atoms with van der Waals surface area (Å²) in [6.07, 6.45) is 6.94. The molecule has 1 aliphatic carbocycles. The first-order valence-electron chi connectivity index (χ1n) is 6.52. The lowest BCUT2D eigenvalue weighted by Crippen LogP contribution is -2.62. The van der Waals surface area contributed by atoms with Crippen LogP contribution in [0.25, 0.3) is 0 Å². The fourth-order valence-corrected chi connectivity index (χ4v) is 3.05. The van der Waals surface area contributed by atoms with Gasteiger partial charge in [-0.2, -0.15) is 0 Å². The SMILES string of the molecule is CCCC1(O)CN(c2ncnc3c2CCC3)C1. The average Bonchev–Trinajstić information content (AvgIpc) is 2.73. The van der Waals surface area contributed by atoms with Crippen molar-refractivity contribution in [3.05, 3.63) is 17.6 Å². The first-order valence-corrected chi connectivity index (χ1v) is 6.52. The molecule has 0 saturated carbocycles. The van der Waals surface area contributed by atoms with Crippen LogP contribution in [-0.4, -0.2) is 33.8 Å². The third kappa shape index (κ3) is 1.80. The standard InChI is InChI=1S/C13H19N3O/c1-2-6-13(17)7-16(8-13)12-10-4-3-5-11(10)14-9-15-12/h9,17H,2-8H2,1H3. The second-order valence-electron chi connectivity index (χ2n) is 5.31. The van der Waals surface area contributed by atoms with Crippen LogP contribution in [-0.2, 0) is 12.8 Å². The minimum Gasteiger partial charge on any atom is -0.386 e. The number of aryl methyl sites for hydroxylation is 1. The molecule has 1 fully saturated rings. The first-order chi connectivity index (χ1) is 8.22. The van der Waals surface area contributed by atoms with Crippen LogP contribution in [0.15, 0.2) is 6.33 Å². The molecule has 2 aliphatic rings. The molecule has 4 heteroatoms. The molecule has 2 heterocycles. The van der Waals surface area contributed by atoms with E-state index in [4.69, 9.17) is 0 Å². The number of fused-ring (bicyclic) bond motifs is 1. The predicted molar refractivity (Wildman–Crippen MR) is 66.1 cm³/mol. The molecule has 1 saturated heterocycles. The van der Waals surface area contributed by atoms with Gasteiger partial charge in [0.25, 0.3) is 0 Å². The Labute approximate surface area is 102 Å². The van der Waals surface area contributed by atoms with Gasteiger partial charge in [-0.3, -0.25) is 0 Å². The number of β-amino-alcohol motifs (C(OH)–C–C–N with tert-alkyl or cyclic N) is 1. The van der Waals surface area contributed by atoms with E-state index in [2.05, 4.69) is 21.8 Å². The lowest BCUT2D eigenvalue weighted by atomic mass is 9.89. The summed E-state index contributed by atoms with van der Waals surface area (Å²) >= 11 is 0. The highest BCUT2D eigenvalue weighted by molar-refractivity contribution is 5.53. The van der Waals surface area contributed by atoms with E-state index in [0.29, 0.717) is 0 Å². The average molecular weight is 233 g/mol. The summed E-state index contributed by atoms with van der Waals surface area (Å²) in [5, 5.41) is 10.2. The molecule has 1 N–H and O–H groups in total. The maximum atomic E-state index is 10.2. The zero-order chi connectivity index (χ0) is 11.9. The summed E-state index contributed by atoms with van der Waals surface area (Å²) in [7, 11) is 0. The third-order valence-corrected chi connectivity index (χ3v) is 3.84. The summed E-state index contributed by atoms with van der Waals surface area (Å²) in [5.74, 6) is 1.06. The van der Waals surface area contributed by atoms with E-state index in [1.54, 1.807) is 6.33 Å². The topological polar surface area (TPSA) is 49.2 Å². The van der Waals surface area contributed by atoms with Crippen molar-refractivity contribution >= 4 is 5.82 Å². The summed E-state index contributed by atoms with van der Waals surface area (Å²) in [5.41, 5.74) is 2.04. The summed E-state index contributed by atoms with van der Waals surface area (Å²) in [6.45, 7) is 3.57. The number of nitrogens with zero attached hydrogens (tertiary/aromatic N) is 3. The highest BCUT2D eigenvalue weighted by atomic mass is 16.3. The van der Waals surface area contributed by atoms with Crippen molar-refractivity contribution in [1.82, 2.24) is 9.97 Å². The van der Waals surface area contributed by atoms with Gasteiger partial charge in [0.05, 0.1) is 5.60 Å². The maximum absolute atomic E-state index is 10.2. The molecule has 0 unspecified atom stereocenters. The molecule has 4 nitrogen and oxygen atoms in total. The Bertz CT molecular complexity index is 427. The first kappa shape index (κ1) is 11.0. The summed E-state index contributed by atoms with van der Waals surface area (Å²) in [6, 6.07) is 0. The van der Waals surface area contributed by atoms with Gasteiger partial charge < -0.3 is 10.0 Å². The van der Waals surface area contributed by atoms with Crippen LogP contribution in [0.3, 0.4) is 0 Å². The lowest BCUT2D eigenvalue weighted by molar-refractivity contribution is 0.00284. The van der Waals surface area contributed by atoms with Crippen LogP contribution in [0.5, 0.6) is 0 Å². The van der Waals surface area contributed by atoms with E-state index in [0.717, 1.165) is 44.6 Å². The van der Waals surface area contributed by atoms with E-state index >= 15 is 0 Å². The van der Waals surface area contributed by atoms with Gasteiger partial charge in [0.2, 0.25) is 0 Å². The van der Waals surface area contributed by atoms with Gasteiger partial charge in [0, 0.05) is 24.3 Å². The normalized spacial score (nSPS) is 21.2. The van der Waals surface area contributed by atoms with E-state index < -0.39 is 5.60 Å². The van der Waals surface area contributed by atoms with Crippen molar-refractivity contribution in [2.24, 2.45) is 0 Å². The molecule has 0 atom stereocenters. The Hall–Kier alpha value is -1.16. The Morgan fingerprint density at radius 3 is 2.94 bits per heavy atom. The van der Waals surface area contributed by atoms with E-state index in [-0.39, 0.29) is 0 Å². The van der Waals surface area contributed by atoms with Crippen molar-refractivity contribution in [3.63, 3.8) is 0 Å². The van der Waals surface area contributed by atoms with Gasteiger partial charge in [-0.25, -0.2) is 9.97 Å². The van der Waals surface area contributed by atoms with Crippen LogP contribution < -0.4 is 4.90 Å². The predicted octanol–water partition coefficient (Wildman–Crippen LogP) is 1.32. The second-order valence-corrected chi connectivity index (χ2v) is 5.31. The van der Waals surface area contributed by atoms with Gasteiger partial charge >= 0.3 is 0 Å². The molecular weight excluding hydrogens is 214 g/mol. The van der Waals surface area contributed by atoms with Crippen molar-refractivity contribution < 1.29 is 5.11 Å². The second kappa shape index (κ2) is 3.95. The quantitative estimate of drug-likeness (QED) is 0.855. The highest BCUT2D eigenvalue weighted by Crippen LogP contribution is 2.34. The number of aromatic nitrogens is 2. The molecule has 1 aromatic heterocycles. The molecule has 0 radical (unpaired) electrons. The summed E-state index contributed by atoms with van der Waals surface area (Å²) in [4.78, 5) is 10.9. The van der Waals surface area contributed by atoms with Crippen LogP contribution in [0.4, 0.5) is 5.82 Å². The Kier molecular flexibility index (Phi) is 2.54. The van der Waals surface area contributed by atoms with Crippen molar-refractivity contribution in [1.29, 1.82) is 0 Å². The number of anilines is 1. The number of hydrogen-bond acceptors (Lipinski definition) is 4. The zero-order valence-electron chi connectivity index (χ0n) is 10.3. The molecule has 17 heavy (non-hydrogen) atoms. The molecule has 92 valence electrons. The maximum Gasteiger partial charge on any atom is 0.135 e. The van der Waals surface area contributed by atoms with Crippen molar-refractivity contribution in [2.75, 3.05) is 18.0 Å². The molecule has 0 bridgehead atoms. The van der Waals surface area contributed by atoms with Crippen LogP contribution >= 0.6 is 0 Å². The lowest BCUT2D eigenvalue weighted by Gasteiger charge is -2.47. The monoisotopic (exact) mass is 233 g/mol. The van der Waals surface area contributed by atoms with Gasteiger partial charge in [0.15, 0.2) is 0 Å². The largest absolute Gasteiger partial charge is 0.386 e. The van der Waals surface area contributed by atoms with E-state index in [1.165, 1.54) is 17.7 Å². The van der Waals surface area contributed by atoms with Gasteiger partial charge in [-0.15, -0.1) is 0 Å². The number of rotatable bonds is 3. The Morgan fingerprint density at radius 1 is 1.35 bits per heavy atom. The molecule has 3 rings (SSSR count). The smallest absolute Gasteiger partial charge is 0.135 e. The van der Waals surface area contributed by atoms with Gasteiger partial charge in [-0.05, 0) is 25.7 Å². The Morgan fingerprint density at radius 2 is 2.18 bits per heavy atom. The number of hydrogen-bond donors (Lipinski definition) is 1. The molecule has 0 amide bonds. The van der Waals surface area contributed by atoms with Gasteiger partial charge in [0.1, 0.15) is 12.1 Å². The van der Waals surface area contributed by atoms with E-state index in [9.17, 15) is 5.11 Å². The zero-order valence-corrected chi connectivity index (χ0v) is 10.3. The fourth-order valence-electron chi connectivity index (χ4n) is 3.05. The Balaban J connectivity index is 1.77. The summed E-state index contributed by atoms with van der Waals surface area (Å²) < 4.78 is 0. The molecular formula is C13H19N3O. The molecule has 1 aliphatic heterocycles.